The van der Waals surface area contributed by atoms with Crippen LogP contribution < -0.4 is 5.32 Å². The molecule has 2 aliphatic rings. The van der Waals surface area contributed by atoms with Crippen molar-refractivity contribution < 1.29 is 0 Å². The van der Waals surface area contributed by atoms with Crippen LogP contribution in [0.25, 0.3) is 44.3 Å². The summed E-state index contributed by atoms with van der Waals surface area (Å²) in [5.41, 5.74) is 13.1. The maximum absolute atomic E-state index is 5.11. The van der Waals surface area contributed by atoms with E-state index in [2.05, 4.69) is 163 Å². The van der Waals surface area contributed by atoms with E-state index in [1.165, 1.54) is 44.1 Å². The van der Waals surface area contributed by atoms with Crippen molar-refractivity contribution in [1.82, 2.24) is 9.88 Å². The van der Waals surface area contributed by atoms with E-state index in [0.29, 0.717) is 0 Å². The third-order valence-corrected chi connectivity index (χ3v) is 9.77. The highest BCUT2D eigenvalue weighted by Crippen LogP contribution is 2.55. The van der Waals surface area contributed by atoms with Gasteiger partial charge in [0, 0.05) is 27.7 Å². The van der Waals surface area contributed by atoms with E-state index in [1.807, 2.05) is 12.1 Å². The van der Waals surface area contributed by atoms with Crippen LogP contribution in [0.2, 0.25) is 0 Å². The van der Waals surface area contributed by atoms with Gasteiger partial charge in [-0.05, 0) is 62.9 Å². The van der Waals surface area contributed by atoms with E-state index in [1.54, 1.807) is 0 Å². The average Bonchev–Trinajstić information content (AvgIpc) is 3.59. The fourth-order valence-corrected chi connectivity index (χ4v) is 7.71. The molecule has 0 saturated heterocycles. The van der Waals surface area contributed by atoms with Crippen molar-refractivity contribution >= 4 is 33.1 Å². The maximum Gasteiger partial charge on any atom is 0.145 e. The molecule has 46 heavy (non-hydrogen) atoms. The van der Waals surface area contributed by atoms with Crippen molar-refractivity contribution in [3.63, 3.8) is 0 Å². The number of hydrogen-bond donors (Lipinski definition) is 1. The van der Waals surface area contributed by atoms with Gasteiger partial charge >= 0.3 is 0 Å². The van der Waals surface area contributed by atoms with Crippen molar-refractivity contribution in [2.75, 3.05) is 0 Å². The first-order valence-corrected chi connectivity index (χ1v) is 16.0. The second kappa shape index (κ2) is 10.2. The number of aromatic nitrogens is 1. The van der Waals surface area contributed by atoms with Gasteiger partial charge in [0.15, 0.2) is 0 Å². The highest BCUT2D eigenvalue weighted by Gasteiger charge is 2.41. The molecule has 1 aromatic heterocycles. The van der Waals surface area contributed by atoms with E-state index in [9.17, 15) is 0 Å². The molecule has 3 nitrogen and oxygen atoms in total. The lowest BCUT2D eigenvalue weighted by Gasteiger charge is -2.25. The van der Waals surface area contributed by atoms with Crippen LogP contribution in [-0.2, 0) is 5.41 Å². The van der Waals surface area contributed by atoms with E-state index >= 15 is 0 Å². The monoisotopic (exact) mass is 591 g/mol. The number of benzene rings is 6. The quantitative estimate of drug-likeness (QED) is 0.217. The molecule has 0 radical (unpaired) electrons. The van der Waals surface area contributed by atoms with Gasteiger partial charge < -0.3 is 9.88 Å². The molecule has 0 spiro atoms. The normalized spacial score (nSPS) is 16.4. The van der Waals surface area contributed by atoms with Crippen LogP contribution in [0, 0.1) is 0 Å². The van der Waals surface area contributed by atoms with Gasteiger partial charge in [0.05, 0.1) is 16.9 Å². The van der Waals surface area contributed by atoms with Gasteiger partial charge in [-0.2, -0.15) is 0 Å². The lowest BCUT2D eigenvalue weighted by atomic mass is 9.79. The Morgan fingerprint density at radius 1 is 0.609 bits per heavy atom. The standard InChI is InChI=1S/C43H33N3/c1-43(2)39-33-18-10-9-13-28(33)23-26-35(39)41-40(43)34-19-11-12-20-38(34)46(41)32-24-21-30(22-25-32)37-27-36(29-14-5-3-6-15-29)44-42(45-37)31-16-7-4-8-17-31/h3-27,42,45H,1-2H3. The van der Waals surface area contributed by atoms with E-state index in [0.717, 1.165) is 33.8 Å². The minimum absolute atomic E-state index is 0.132. The smallest absolute Gasteiger partial charge is 0.145 e. The molecule has 2 heterocycles. The van der Waals surface area contributed by atoms with Crippen LogP contribution in [-0.4, -0.2) is 10.3 Å². The molecular weight excluding hydrogens is 558 g/mol. The fourth-order valence-electron chi connectivity index (χ4n) is 7.71. The minimum Gasteiger partial charge on any atom is -0.360 e. The van der Waals surface area contributed by atoms with Gasteiger partial charge in [-0.25, -0.2) is 0 Å². The summed E-state index contributed by atoms with van der Waals surface area (Å²) in [5.74, 6) is 0. The van der Waals surface area contributed by atoms with Crippen LogP contribution in [0.5, 0.6) is 0 Å². The third kappa shape index (κ3) is 4.02. The van der Waals surface area contributed by atoms with Gasteiger partial charge in [-0.1, -0.05) is 141 Å². The molecule has 220 valence electrons. The molecule has 9 rings (SSSR count). The van der Waals surface area contributed by atoms with Crippen LogP contribution in [0.15, 0.2) is 157 Å². The number of aliphatic imine (C=N–C) groups is 1. The molecule has 1 atom stereocenters. The number of nitrogens with one attached hydrogen (secondary N) is 1. The molecule has 0 bridgehead atoms. The number of nitrogens with zero attached hydrogens (tertiary/aromatic N) is 2. The molecule has 1 unspecified atom stereocenters. The minimum atomic E-state index is -0.165. The first kappa shape index (κ1) is 26.7. The first-order chi connectivity index (χ1) is 22.6. The number of hydrogen-bond acceptors (Lipinski definition) is 2. The predicted octanol–water partition coefficient (Wildman–Crippen LogP) is 10.2. The highest BCUT2D eigenvalue weighted by molar-refractivity contribution is 6.13. The third-order valence-electron chi connectivity index (χ3n) is 9.77. The lowest BCUT2D eigenvalue weighted by Crippen LogP contribution is -2.24. The Morgan fingerprint density at radius 3 is 2.07 bits per heavy atom. The summed E-state index contributed by atoms with van der Waals surface area (Å²) < 4.78 is 2.48. The van der Waals surface area contributed by atoms with Gasteiger partial charge in [0.25, 0.3) is 0 Å². The van der Waals surface area contributed by atoms with E-state index < -0.39 is 0 Å². The Kier molecular flexibility index (Phi) is 5.91. The van der Waals surface area contributed by atoms with Gasteiger partial charge in [0.1, 0.15) is 6.17 Å². The zero-order valence-electron chi connectivity index (χ0n) is 25.9. The SMILES string of the molecule is CC1(C)c2c(ccc3ccccc23)-c2c1c1ccccc1n2-c1ccc(C2=CC(c3ccccc3)=NC(c3ccccc3)N2)cc1. The fraction of sp³-hybridized carbons (Fsp3) is 0.0930. The maximum atomic E-state index is 5.11. The van der Waals surface area contributed by atoms with Crippen LogP contribution in [0.3, 0.4) is 0 Å². The Hall–Kier alpha value is -5.67. The van der Waals surface area contributed by atoms with E-state index in [-0.39, 0.29) is 11.6 Å². The molecule has 1 aliphatic carbocycles. The molecule has 0 fully saturated rings. The molecule has 0 amide bonds. The van der Waals surface area contributed by atoms with Crippen LogP contribution in [0.4, 0.5) is 0 Å². The van der Waals surface area contributed by atoms with Crippen molar-refractivity contribution in [2.45, 2.75) is 25.4 Å². The molecule has 0 saturated carbocycles. The Labute approximate surface area is 269 Å². The number of allylic oxidation sites excluding steroid dienone is 1. The summed E-state index contributed by atoms with van der Waals surface area (Å²) in [6, 6.07) is 52.2. The Bertz CT molecular complexity index is 2340. The van der Waals surface area contributed by atoms with Gasteiger partial charge in [0.2, 0.25) is 0 Å². The molecular formula is C43H33N3. The van der Waals surface area contributed by atoms with Crippen molar-refractivity contribution in [3.8, 4) is 16.9 Å². The molecule has 1 N–H and O–H groups in total. The van der Waals surface area contributed by atoms with Gasteiger partial charge in [-0.15, -0.1) is 0 Å². The number of rotatable bonds is 4. The number of para-hydroxylation sites is 1. The summed E-state index contributed by atoms with van der Waals surface area (Å²) >= 11 is 0. The zero-order chi connectivity index (χ0) is 30.8. The summed E-state index contributed by atoms with van der Waals surface area (Å²) in [7, 11) is 0. The van der Waals surface area contributed by atoms with Crippen molar-refractivity contribution in [1.29, 1.82) is 0 Å². The van der Waals surface area contributed by atoms with E-state index in [4.69, 9.17) is 4.99 Å². The summed E-state index contributed by atoms with van der Waals surface area (Å²) in [6.45, 7) is 4.78. The molecule has 1 aliphatic heterocycles. The highest BCUT2D eigenvalue weighted by atomic mass is 15.1. The second-order valence-corrected chi connectivity index (χ2v) is 12.9. The average molecular weight is 592 g/mol. The largest absolute Gasteiger partial charge is 0.360 e. The van der Waals surface area contributed by atoms with Crippen molar-refractivity contribution in [3.05, 3.63) is 179 Å². The summed E-state index contributed by atoms with van der Waals surface area (Å²) in [4.78, 5) is 5.11. The predicted molar refractivity (Wildman–Crippen MR) is 192 cm³/mol. The zero-order valence-corrected chi connectivity index (χ0v) is 25.9. The van der Waals surface area contributed by atoms with Crippen molar-refractivity contribution in [2.24, 2.45) is 4.99 Å². The second-order valence-electron chi connectivity index (χ2n) is 12.9. The summed E-state index contributed by atoms with van der Waals surface area (Å²) in [5, 5.41) is 7.67. The lowest BCUT2D eigenvalue weighted by molar-refractivity contribution is 0.664. The van der Waals surface area contributed by atoms with Gasteiger partial charge in [-0.3, -0.25) is 4.99 Å². The van der Waals surface area contributed by atoms with Crippen LogP contribution in [0.1, 0.15) is 47.8 Å². The Balaban J connectivity index is 1.18. The molecule has 3 heteroatoms. The first-order valence-electron chi connectivity index (χ1n) is 16.0. The number of fused-ring (bicyclic) bond motifs is 7. The summed E-state index contributed by atoms with van der Waals surface area (Å²) in [6.07, 6.45) is 2.01. The molecule has 7 aromatic rings. The molecule has 6 aromatic carbocycles. The Morgan fingerprint density at radius 2 is 1.28 bits per heavy atom. The topological polar surface area (TPSA) is 29.3 Å². The van der Waals surface area contributed by atoms with Crippen LogP contribution >= 0.6 is 0 Å².